The van der Waals surface area contributed by atoms with Gasteiger partial charge in [0.05, 0.1) is 12.4 Å². The molecule has 0 aliphatic heterocycles. The highest BCUT2D eigenvalue weighted by molar-refractivity contribution is 8.00. The molecule has 0 atom stereocenters. The second-order valence-corrected chi connectivity index (χ2v) is 6.30. The lowest BCUT2D eigenvalue weighted by Gasteiger charge is -2.22. The van der Waals surface area contributed by atoms with Crippen molar-refractivity contribution in [3.05, 3.63) is 24.3 Å². The summed E-state index contributed by atoms with van der Waals surface area (Å²) in [6.45, 7) is 6.66. The number of carbonyl (C=O) groups excluding carboxylic acids is 1. The van der Waals surface area contributed by atoms with E-state index in [0.717, 1.165) is 10.6 Å². The van der Waals surface area contributed by atoms with Gasteiger partial charge >= 0.3 is 5.97 Å². The Balaban J connectivity index is 2.55. The Morgan fingerprint density at radius 2 is 1.91 bits per heavy atom. The SMILES string of the molecule is CCOc1ccc(SCC(=O)N(CC(=O)O)CC(C)C)cc1. The summed E-state index contributed by atoms with van der Waals surface area (Å²) in [7, 11) is 0. The molecule has 5 nitrogen and oxygen atoms in total. The standard InChI is InChI=1S/C16H23NO4S/c1-4-21-13-5-7-14(8-6-13)22-11-15(18)17(9-12(2)3)10-16(19)20/h5-8,12H,4,9-11H2,1-3H3,(H,19,20). The van der Waals surface area contributed by atoms with Crippen LogP contribution < -0.4 is 4.74 Å². The summed E-state index contributed by atoms with van der Waals surface area (Å²) in [5.41, 5.74) is 0. The van der Waals surface area contributed by atoms with Crippen LogP contribution in [0.1, 0.15) is 20.8 Å². The zero-order valence-corrected chi connectivity index (χ0v) is 14.1. The number of benzene rings is 1. The lowest BCUT2D eigenvalue weighted by atomic mass is 10.2. The van der Waals surface area contributed by atoms with Crippen LogP contribution in [0.4, 0.5) is 0 Å². The van der Waals surface area contributed by atoms with Crippen LogP contribution in [0, 0.1) is 5.92 Å². The number of carbonyl (C=O) groups is 2. The quantitative estimate of drug-likeness (QED) is 0.707. The minimum atomic E-state index is -0.986. The Labute approximate surface area is 135 Å². The van der Waals surface area contributed by atoms with Gasteiger partial charge in [0.15, 0.2) is 0 Å². The molecule has 1 aromatic carbocycles. The third-order valence-electron chi connectivity index (χ3n) is 2.76. The zero-order valence-electron chi connectivity index (χ0n) is 13.2. The summed E-state index contributed by atoms with van der Waals surface area (Å²) >= 11 is 1.40. The minimum absolute atomic E-state index is 0.157. The number of thioether (sulfide) groups is 1. The van der Waals surface area contributed by atoms with Gasteiger partial charge in [0, 0.05) is 11.4 Å². The summed E-state index contributed by atoms with van der Waals surface area (Å²) in [5.74, 6) is 0.118. The molecule has 0 aliphatic carbocycles. The third kappa shape index (κ3) is 6.85. The second kappa shape index (κ2) is 9.35. The first-order chi connectivity index (χ1) is 10.4. The van der Waals surface area contributed by atoms with E-state index in [1.54, 1.807) is 0 Å². The largest absolute Gasteiger partial charge is 0.494 e. The van der Waals surface area contributed by atoms with Crippen molar-refractivity contribution < 1.29 is 19.4 Å². The number of carboxylic acids is 1. The van der Waals surface area contributed by atoms with E-state index in [-0.39, 0.29) is 24.1 Å². The molecule has 122 valence electrons. The van der Waals surface area contributed by atoms with Crippen molar-refractivity contribution >= 4 is 23.6 Å². The van der Waals surface area contributed by atoms with Crippen LogP contribution in [-0.4, -0.2) is 47.3 Å². The molecule has 0 saturated carbocycles. The normalized spacial score (nSPS) is 10.5. The molecule has 0 radical (unpaired) electrons. The third-order valence-corrected chi connectivity index (χ3v) is 3.76. The van der Waals surface area contributed by atoms with Gasteiger partial charge in [-0.15, -0.1) is 11.8 Å². The Morgan fingerprint density at radius 1 is 1.27 bits per heavy atom. The molecular formula is C16H23NO4S. The predicted octanol–water partition coefficient (Wildman–Crippen LogP) is 2.75. The number of carboxylic acid groups (broad SMARTS) is 1. The molecule has 1 amide bonds. The summed E-state index contributed by atoms with van der Waals surface area (Å²) in [6, 6.07) is 7.51. The van der Waals surface area contributed by atoms with E-state index in [4.69, 9.17) is 9.84 Å². The average Bonchev–Trinajstić information content (AvgIpc) is 2.45. The highest BCUT2D eigenvalue weighted by atomic mass is 32.2. The number of nitrogens with zero attached hydrogens (tertiary/aromatic N) is 1. The van der Waals surface area contributed by atoms with Gasteiger partial charge in [-0.2, -0.15) is 0 Å². The number of aliphatic carboxylic acids is 1. The molecule has 0 aliphatic rings. The fraction of sp³-hybridized carbons (Fsp3) is 0.500. The van der Waals surface area contributed by atoms with E-state index < -0.39 is 5.97 Å². The van der Waals surface area contributed by atoms with Crippen LogP contribution in [0.2, 0.25) is 0 Å². The first-order valence-corrected chi connectivity index (χ1v) is 8.26. The van der Waals surface area contributed by atoms with Crippen molar-refractivity contribution in [3.8, 4) is 5.75 Å². The van der Waals surface area contributed by atoms with Crippen molar-refractivity contribution in [2.45, 2.75) is 25.7 Å². The highest BCUT2D eigenvalue weighted by Gasteiger charge is 2.18. The predicted molar refractivity (Wildman–Crippen MR) is 87.4 cm³/mol. The van der Waals surface area contributed by atoms with E-state index in [2.05, 4.69) is 0 Å². The summed E-state index contributed by atoms with van der Waals surface area (Å²) < 4.78 is 5.36. The van der Waals surface area contributed by atoms with E-state index in [0.29, 0.717) is 13.2 Å². The van der Waals surface area contributed by atoms with Crippen molar-refractivity contribution in [2.75, 3.05) is 25.4 Å². The van der Waals surface area contributed by atoms with Crippen molar-refractivity contribution in [2.24, 2.45) is 5.92 Å². The summed E-state index contributed by atoms with van der Waals surface area (Å²) in [6.07, 6.45) is 0. The fourth-order valence-electron chi connectivity index (χ4n) is 1.89. The number of hydrogen-bond acceptors (Lipinski definition) is 4. The Kier molecular flexibility index (Phi) is 7.80. The lowest BCUT2D eigenvalue weighted by Crippen LogP contribution is -2.39. The van der Waals surface area contributed by atoms with E-state index >= 15 is 0 Å². The molecular weight excluding hydrogens is 302 g/mol. The molecule has 1 aromatic rings. The van der Waals surface area contributed by atoms with Gasteiger partial charge in [-0.25, -0.2) is 0 Å². The van der Waals surface area contributed by atoms with Crippen molar-refractivity contribution in [3.63, 3.8) is 0 Å². The monoisotopic (exact) mass is 325 g/mol. The van der Waals surface area contributed by atoms with E-state index in [9.17, 15) is 9.59 Å². The fourth-order valence-corrected chi connectivity index (χ4v) is 2.69. The molecule has 1 rings (SSSR count). The van der Waals surface area contributed by atoms with Gasteiger partial charge in [0.2, 0.25) is 5.91 Å². The Hall–Kier alpha value is -1.69. The van der Waals surface area contributed by atoms with Crippen LogP contribution >= 0.6 is 11.8 Å². The first-order valence-electron chi connectivity index (χ1n) is 7.27. The Morgan fingerprint density at radius 3 is 2.41 bits per heavy atom. The van der Waals surface area contributed by atoms with Crippen molar-refractivity contribution in [1.82, 2.24) is 4.90 Å². The molecule has 6 heteroatoms. The average molecular weight is 325 g/mol. The first kappa shape index (κ1) is 18.4. The van der Waals surface area contributed by atoms with Crippen LogP contribution in [0.5, 0.6) is 5.75 Å². The number of ether oxygens (including phenoxy) is 1. The smallest absolute Gasteiger partial charge is 0.323 e. The maximum absolute atomic E-state index is 12.2. The molecule has 0 bridgehead atoms. The number of amides is 1. The summed E-state index contributed by atoms with van der Waals surface area (Å²) in [5, 5.41) is 8.90. The maximum atomic E-state index is 12.2. The van der Waals surface area contributed by atoms with Gasteiger partial charge in [-0.05, 0) is 37.1 Å². The number of rotatable bonds is 9. The Bertz CT molecular complexity index is 487. The van der Waals surface area contributed by atoms with Crippen molar-refractivity contribution in [1.29, 1.82) is 0 Å². The van der Waals surface area contributed by atoms with Gasteiger partial charge in [-0.3, -0.25) is 9.59 Å². The second-order valence-electron chi connectivity index (χ2n) is 5.25. The molecule has 0 saturated heterocycles. The highest BCUT2D eigenvalue weighted by Crippen LogP contribution is 2.22. The van der Waals surface area contributed by atoms with Crippen LogP contribution in [0.15, 0.2) is 29.2 Å². The van der Waals surface area contributed by atoms with E-state index in [1.165, 1.54) is 16.7 Å². The summed E-state index contributed by atoms with van der Waals surface area (Å²) in [4.78, 5) is 25.4. The maximum Gasteiger partial charge on any atom is 0.323 e. The molecule has 0 spiro atoms. The zero-order chi connectivity index (χ0) is 16.5. The molecule has 0 fully saturated rings. The molecule has 0 aromatic heterocycles. The number of hydrogen-bond donors (Lipinski definition) is 1. The molecule has 0 heterocycles. The van der Waals surface area contributed by atoms with Crippen LogP contribution in [-0.2, 0) is 9.59 Å². The molecule has 1 N–H and O–H groups in total. The van der Waals surface area contributed by atoms with Gasteiger partial charge < -0.3 is 14.7 Å². The van der Waals surface area contributed by atoms with E-state index in [1.807, 2.05) is 45.0 Å². The topological polar surface area (TPSA) is 66.8 Å². The molecule has 0 unspecified atom stereocenters. The lowest BCUT2D eigenvalue weighted by molar-refractivity contribution is -0.143. The molecule has 22 heavy (non-hydrogen) atoms. The van der Waals surface area contributed by atoms with Crippen LogP contribution in [0.3, 0.4) is 0 Å². The van der Waals surface area contributed by atoms with Gasteiger partial charge in [-0.1, -0.05) is 13.8 Å². The van der Waals surface area contributed by atoms with Crippen LogP contribution in [0.25, 0.3) is 0 Å². The minimum Gasteiger partial charge on any atom is -0.494 e. The van der Waals surface area contributed by atoms with Gasteiger partial charge in [0.25, 0.3) is 0 Å². The van der Waals surface area contributed by atoms with Gasteiger partial charge in [0.1, 0.15) is 12.3 Å².